The molecule has 0 fully saturated rings. The van der Waals surface area contributed by atoms with E-state index in [1.165, 1.54) is 0 Å². The van der Waals surface area contributed by atoms with Crippen molar-refractivity contribution in [1.29, 1.82) is 0 Å². The Morgan fingerprint density at radius 1 is 1.15 bits per heavy atom. The van der Waals surface area contributed by atoms with Crippen LogP contribution in [0.3, 0.4) is 0 Å². The summed E-state index contributed by atoms with van der Waals surface area (Å²) in [5.41, 5.74) is 0.663. The fourth-order valence-electron chi connectivity index (χ4n) is 2.26. The van der Waals surface area contributed by atoms with Gasteiger partial charge in [0, 0.05) is 16.5 Å². The molecule has 3 rings (SSSR count). The molecular weight excluding hydrogens is 364 g/mol. The fraction of sp³-hybridized carbons (Fsp3) is 0.316. The average Bonchev–Trinajstić information content (AvgIpc) is 3.33. The molecule has 0 aliphatic carbocycles. The molecule has 142 valence electrons. The molecule has 0 saturated heterocycles. The van der Waals surface area contributed by atoms with Crippen LogP contribution in [0.1, 0.15) is 49.4 Å². The second-order valence-electron chi connectivity index (χ2n) is 6.35. The predicted octanol–water partition coefficient (Wildman–Crippen LogP) is 4.72. The van der Waals surface area contributed by atoms with Crippen LogP contribution in [0, 0.1) is 0 Å². The number of thiophene rings is 1. The second kappa shape index (κ2) is 8.68. The minimum Gasteiger partial charge on any atom is -0.488 e. The number of hydrogen-bond donors (Lipinski definition) is 2. The van der Waals surface area contributed by atoms with Crippen LogP contribution < -0.4 is 15.4 Å². The molecule has 2 heterocycles. The lowest BCUT2D eigenvalue weighted by atomic mass is 10.2. The summed E-state index contributed by atoms with van der Waals surface area (Å²) >= 11 is 1.65. The lowest BCUT2D eigenvalue weighted by molar-refractivity contribution is 0.246. The Morgan fingerprint density at radius 2 is 1.89 bits per heavy atom. The van der Waals surface area contributed by atoms with Crippen molar-refractivity contribution in [2.75, 3.05) is 5.32 Å². The quantitative estimate of drug-likeness (QED) is 0.613. The van der Waals surface area contributed by atoms with E-state index in [9.17, 15) is 4.79 Å². The van der Waals surface area contributed by atoms with E-state index in [1.807, 2.05) is 43.5 Å². The van der Waals surface area contributed by atoms with Crippen LogP contribution in [0.15, 0.2) is 46.2 Å². The third-order valence-electron chi connectivity index (χ3n) is 3.74. The molecule has 1 aromatic carbocycles. The van der Waals surface area contributed by atoms with Gasteiger partial charge in [-0.25, -0.2) is 4.79 Å². The maximum Gasteiger partial charge on any atom is 0.319 e. The van der Waals surface area contributed by atoms with Crippen molar-refractivity contribution in [3.63, 3.8) is 0 Å². The van der Waals surface area contributed by atoms with Crippen molar-refractivity contribution in [1.82, 2.24) is 15.5 Å². The van der Waals surface area contributed by atoms with E-state index in [0.717, 1.165) is 10.6 Å². The van der Waals surface area contributed by atoms with Gasteiger partial charge in [-0.3, -0.25) is 0 Å². The Balaban J connectivity index is 1.49. The molecule has 27 heavy (non-hydrogen) atoms. The van der Waals surface area contributed by atoms with Crippen LogP contribution in [0.25, 0.3) is 0 Å². The topological polar surface area (TPSA) is 89.3 Å². The van der Waals surface area contributed by atoms with Gasteiger partial charge < -0.3 is 19.8 Å². The van der Waals surface area contributed by atoms with E-state index >= 15 is 0 Å². The van der Waals surface area contributed by atoms with Gasteiger partial charge in [0.2, 0.25) is 11.8 Å². The molecule has 1 unspecified atom stereocenters. The van der Waals surface area contributed by atoms with Crippen LogP contribution in [0.2, 0.25) is 0 Å². The third kappa shape index (κ3) is 5.30. The summed E-state index contributed by atoms with van der Waals surface area (Å²) in [6, 6.07) is 10.5. The molecule has 0 spiro atoms. The highest BCUT2D eigenvalue weighted by molar-refractivity contribution is 7.09. The number of nitrogens with zero attached hydrogens (tertiary/aromatic N) is 2. The van der Waals surface area contributed by atoms with Gasteiger partial charge in [0.25, 0.3) is 0 Å². The van der Waals surface area contributed by atoms with Gasteiger partial charge in [-0.1, -0.05) is 19.9 Å². The molecular formula is C19H22N4O3S. The Bertz CT molecular complexity index is 859. The normalized spacial score (nSPS) is 12.0. The summed E-state index contributed by atoms with van der Waals surface area (Å²) in [5.74, 6) is 1.82. The monoisotopic (exact) mass is 386 g/mol. The van der Waals surface area contributed by atoms with Gasteiger partial charge in [0.1, 0.15) is 18.4 Å². The molecule has 2 aromatic heterocycles. The molecule has 0 saturated carbocycles. The first-order chi connectivity index (χ1) is 13.0. The number of anilines is 1. The Kier molecular flexibility index (Phi) is 6.08. The SMILES string of the molecule is CC(C)c1nnc(C(C)NC(=O)Nc2ccc(OCc3cccs3)cc2)o1. The van der Waals surface area contributed by atoms with Crippen molar-refractivity contribution < 1.29 is 13.9 Å². The molecule has 2 N–H and O–H groups in total. The number of aromatic nitrogens is 2. The zero-order valence-corrected chi connectivity index (χ0v) is 16.2. The number of ether oxygens (including phenoxy) is 1. The lowest BCUT2D eigenvalue weighted by Crippen LogP contribution is -2.31. The number of nitrogens with one attached hydrogen (secondary N) is 2. The smallest absolute Gasteiger partial charge is 0.319 e. The summed E-state index contributed by atoms with van der Waals surface area (Å²) in [7, 11) is 0. The number of hydrogen-bond acceptors (Lipinski definition) is 6. The molecule has 8 heteroatoms. The van der Waals surface area contributed by atoms with Crippen molar-refractivity contribution in [3.8, 4) is 5.75 Å². The van der Waals surface area contributed by atoms with E-state index in [1.54, 1.807) is 30.4 Å². The van der Waals surface area contributed by atoms with Crippen molar-refractivity contribution in [2.45, 2.75) is 39.3 Å². The van der Waals surface area contributed by atoms with Gasteiger partial charge in [-0.2, -0.15) is 0 Å². The number of carbonyl (C=O) groups excluding carboxylic acids is 1. The molecule has 2 amide bonds. The molecule has 0 radical (unpaired) electrons. The summed E-state index contributed by atoms with van der Waals surface area (Å²) in [5, 5.41) is 15.5. The fourth-order valence-corrected chi connectivity index (χ4v) is 2.88. The minimum absolute atomic E-state index is 0.146. The lowest BCUT2D eigenvalue weighted by Gasteiger charge is -2.12. The molecule has 1 atom stereocenters. The van der Waals surface area contributed by atoms with E-state index in [-0.39, 0.29) is 11.9 Å². The van der Waals surface area contributed by atoms with Crippen LogP contribution in [-0.2, 0) is 6.61 Å². The summed E-state index contributed by atoms with van der Waals surface area (Å²) in [6.07, 6.45) is 0. The summed E-state index contributed by atoms with van der Waals surface area (Å²) in [6.45, 7) is 6.26. The minimum atomic E-state index is -0.390. The van der Waals surface area contributed by atoms with E-state index in [0.29, 0.717) is 24.1 Å². The molecule has 0 aliphatic heterocycles. The van der Waals surface area contributed by atoms with Gasteiger partial charge in [0.15, 0.2) is 0 Å². The third-order valence-corrected chi connectivity index (χ3v) is 4.59. The number of benzene rings is 1. The number of amides is 2. The Hall–Kier alpha value is -2.87. The second-order valence-corrected chi connectivity index (χ2v) is 7.38. The summed E-state index contributed by atoms with van der Waals surface area (Å²) < 4.78 is 11.3. The first kappa shape index (κ1) is 18.9. The Labute approximate surface area is 161 Å². The molecule has 3 aromatic rings. The maximum absolute atomic E-state index is 12.2. The number of urea groups is 1. The van der Waals surface area contributed by atoms with E-state index < -0.39 is 6.04 Å². The predicted molar refractivity (Wildman–Crippen MR) is 104 cm³/mol. The van der Waals surface area contributed by atoms with Crippen LogP contribution in [-0.4, -0.2) is 16.2 Å². The summed E-state index contributed by atoms with van der Waals surface area (Å²) in [4.78, 5) is 13.3. The van der Waals surface area contributed by atoms with Crippen LogP contribution in [0.5, 0.6) is 5.75 Å². The van der Waals surface area contributed by atoms with Gasteiger partial charge in [-0.05, 0) is 42.6 Å². The zero-order chi connectivity index (χ0) is 19.2. The number of carbonyl (C=O) groups is 1. The highest BCUT2D eigenvalue weighted by Gasteiger charge is 2.17. The van der Waals surface area contributed by atoms with E-state index in [2.05, 4.69) is 20.8 Å². The Morgan fingerprint density at radius 3 is 2.52 bits per heavy atom. The van der Waals surface area contributed by atoms with Crippen molar-refractivity contribution in [2.24, 2.45) is 0 Å². The van der Waals surface area contributed by atoms with Crippen LogP contribution >= 0.6 is 11.3 Å². The molecule has 0 bridgehead atoms. The first-order valence-corrected chi connectivity index (χ1v) is 9.55. The van der Waals surface area contributed by atoms with Gasteiger partial charge in [-0.15, -0.1) is 21.5 Å². The maximum atomic E-state index is 12.2. The highest BCUT2D eigenvalue weighted by Crippen LogP contribution is 2.19. The molecule has 7 nitrogen and oxygen atoms in total. The molecule has 0 aliphatic rings. The number of rotatable bonds is 7. The highest BCUT2D eigenvalue weighted by atomic mass is 32.1. The van der Waals surface area contributed by atoms with E-state index in [4.69, 9.17) is 9.15 Å². The van der Waals surface area contributed by atoms with Crippen molar-refractivity contribution in [3.05, 3.63) is 58.4 Å². The largest absolute Gasteiger partial charge is 0.488 e. The van der Waals surface area contributed by atoms with Crippen molar-refractivity contribution >= 4 is 23.1 Å². The van der Waals surface area contributed by atoms with Gasteiger partial charge in [0.05, 0.1) is 0 Å². The first-order valence-electron chi connectivity index (χ1n) is 8.67. The standard InChI is InChI=1S/C19H22N4O3S/c1-12(2)17-22-23-18(26-17)13(3)20-19(24)21-14-6-8-15(9-7-14)25-11-16-5-4-10-27-16/h4-10,12-13H,11H2,1-3H3,(H2,20,21,24). The van der Waals surface area contributed by atoms with Gasteiger partial charge >= 0.3 is 6.03 Å². The zero-order valence-electron chi connectivity index (χ0n) is 15.4. The average molecular weight is 386 g/mol. The van der Waals surface area contributed by atoms with Crippen LogP contribution in [0.4, 0.5) is 10.5 Å².